The molecule has 3 N–H and O–H groups in total. The molecular weight excluding hydrogens is 320 g/mol. The highest BCUT2D eigenvalue weighted by molar-refractivity contribution is 5.89. The Morgan fingerprint density at radius 1 is 1.16 bits per heavy atom. The minimum absolute atomic E-state index is 0.317. The molecule has 0 saturated carbocycles. The third kappa shape index (κ3) is 6.34. The van der Waals surface area contributed by atoms with Crippen molar-refractivity contribution in [2.24, 2.45) is 0 Å². The van der Waals surface area contributed by atoms with Gasteiger partial charge in [-0.25, -0.2) is 4.79 Å². The Kier molecular flexibility index (Phi) is 7.66. The van der Waals surface area contributed by atoms with E-state index in [9.17, 15) is 4.79 Å². The number of nitrogens with one attached hydrogen (secondary N) is 2. The van der Waals surface area contributed by atoms with E-state index >= 15 is 0 Å². The predicted molar refractivity (Wildman–Crippen MR) is 96.4 cm³/mol. The molecule has 0 aliphatic rings. The third-order valence-electron chi connectivity index (χ3n) is 3.56. The van der Waals surface area contributed by atoms with Crippen molar-refractivity contribution in [3.63, 3.8) is 0 Å². The summed E-state index contributed by atoms with van der Waals surface area (Å²) in [6, 6.07) is 11.0. The zero-order valence-electron chi connectivity index (χ0n) is 14.7. The van der Waals surface area contributed by atoms with Gasteiger partial charge in [-0.15, -0.1) is 0 Å². The van der Waals surface area contributed by atoms with E-state index in [2.05, 4.69) is 10.6 Å². The number of ether oxygens (including phenoxy) is 1. The van der Waals surface area contributed by atoms with E-state index in [4.69, 9.17) is 14.3 Å². The molecule has 0 fully saturated rings. The Labute approximate surface area is 148 Å². The average Bonchev–Trinajstić information content (AvgIpc) is 3.07. The molecule has 2 aromatic rings. The highest BCUT2D eigenvalue weighted by atomic mass is 16.5. The van der Waals surface area contributed by atoms with Gasteiger partial charge in [0, 0.05) is 25.2 Å². The Hall–Kier alpha value is -2.15. The maximum absolute atomic E-state index is 11.7. The maximum atomic E-state index is 11.7. The van der Waals surface area contributed by atoms with Crippen LogP contribution in [0.5, 0.6) is 0 Å². The summed E-state index contributed by atoms with van der Waals surface area (Å²) in [6.45, 7) is 6.71. The van der Waals surface area contributed by atoms with Crippen LogP contribution in [-0.4, -0.2) is 43.4 Å². The van der Waals surface area contributed by atoms with Crippen LogP contribution < -0.4 is 10.6 Å². The van der Waals surface area contributed by atoms with Gasteiger partial charge in [0.05, 0.1) is 24.8 Å². The molecule has 6 nitrogen and oxygen atoms in total. The minimum atomic E-state index is -0.331. The molecule has 2 rings (SSSR count). The number of carbonyl (C=O) groups excluding carboxylic acids is 1. The van der Waals surface area contributed by atoms with Crippen LogP contribution >= 0.6 is 0 Å². The average molecular weight is 346 g/mol. The molecule has 0 aliphatic carbocycles. The highest BCUT2D eigenvalue weighted by Crippen LogP contribution is 2.22. The maximum Gasteiger partial charge on any atom is 0.338 e. The van der Waals surface area contributed by atoms with Crippen LogP contribution in [0.15, 0.2) is 40.8 Å². The van der Waals surface area contributed by atoms with Crippen LogP contribution in [0.4, 0.5) is 0 Å². The first-order valence-corrected chi connectivity index (χ1v) is 8.56. The predicted octanol–water partition coefficient (Wildman–Crippen LogP) is 2.18. The first-order valence-electron chi connectivity index (χ1n) is 8.56. The van der Waals surface area contributed by atoms with Crippen molar-refractivity contribution >= 4 is 5.97 Å². The second kappa shape index (κ2) is 9.98. The van der Waals surface area contributed by atoms with Gasteiger partial charge in [0.25, 0.3) is 0 Å². The number of esters is 1. The fourth-order valence-electron chi connectivity index (χ4n) is 2.31. The Morgan fingerprint density at radius 2 is 1.88 bits per heavy atom. The van der Waals surface area contributed by atoms with Gasteiger partial charge < -0.3 is 24.9 Å². The van der Waals surface area contributed by atoms with Crippen molar-refractivity contribution in [1.29, 1.82) is 0 Å². The number of aliphatic hydroxyl groups excluding tert-OH is 1. The van der Waals surface area contributed by atoms with E-state index in [0.29, 0.717) is 25.3 Å². The van der Waals surface area contributed by atoms with E-state index in [1.54, 1.807) is 26.0 Å². The Morgan fingerprint density at radius 3 is 2.56 bits per heavy atom. The lowest BCUT2D eigenvalue weighted by Gasteiger charge is -2.07. The third-order valence-corrected chi connectivity index (χ3v) is 3.56. The molecule has 0 saturated heterocycles. The molecule has 1 aromatic heterocycles. The molecule has 1 aromatic carbocycles. The van der Waals surface area contributed by atoms with Crippen LogP contribution in [0.25, 0.3) is 11.3 Å². The van der Waals surface area contributed by atoms with Crippen molar-refractivity contribution < 1.29 is 19.1 Å². The van der Waals surface area contributed by atoms with E-state index in [-0.39, 0.29) is 12.1 Å². The number of carbonyl (C=O) groups is 1. The Balaban J connectivity index is 1.81. The van der Waals surface area contributed by atoms with Crippen molar-refractivity contribution in [1.82, 2.24) is 10.6 Å². The minimum Gasteiger partial charge on any atom is -0.462 e. The van der Waals surface area contributed by atoms with E-state index in [1.165, 1.54) is 0 Å². The highest BCUT2D eigenvalue weighted by Gasteiger charge is 2.08. The molecular formula is C19H26N2O4. The van der Waals surface area contributed by atoms with E-state index < -0.39 is 0 Å². The first-order chi connectivity index (χ1) is 12.1. The van der Waals surface area contributed by atoms with Gasteiger partial charge >= 0.3 is 5.97 Å². The summed E-state index contributed by atoms with van der Waals surface area (Å²) in [5.74, 6) is 1.29. The smallest absolute Gasteiger partial charge is 0.338 e. The van der Waals surface area contributed by atoms with Crippen LogP contribution in [0.1, 0.15) is 30.0 Å². The summed E-state index contributed by atoms with van der Waals surface area (Å²) in [4.78, 5) is 11.7. The molecule has 0 amide bonds. The fraction of sp³-hybridized carbons (Fsp3) is 0.421. The lowest BCUT2D eigenvalue weighted by atomic mass is 10.1. The lowest BCUT2D eigenvalue weighted by Crippen LogP contribution is -2.31. The number of hydrogen-bond donors (Lipinski definition) is 3. The zero-order valence-corrected chi connectivity index (χ0v) is 14.7. The second-order valence-electron chi connectivity index (χ2n) is 5.79. The van der Waals surface area contributed by atoms with Gasteiger partial charge in [-0.1, -0.05) is 12.1 Å². The Bertz CT molecular complexity index is 650. The first kappa shape index (κ1) is 19.2. The quantitative estimate of drug-likeness (QED) is 0.452. The summed E-state index contributed by atoms with van der Waals surface area (Å²) < 4.78 is 10.8. The standard InChI is InChI=1S/C19H26N2O4/c1-3-24-19(23)16-6-4-15(5-7-16)18-9-8-17(25-18)13-21-11-10-20-12-14(2)22/h4-9,14,20-22H,3,10-13H2,1-2H3/t14-/m1/s1. The summed E-state index contributed by atoms with van der Waals surface area (Å²) in [5, 5.41) is 15.6. The molecule has 0 unspecified atom stereocenters. The molecule has 0 radical (unpaired) electrons. The SMILES string of the molecule is CCOC(=O)c1ccc(-c2ccc(CNCCNC[C@@H](C)O)o2)cc1. The monoisotopic (exact) mass is 346 g/mol. The zero-order chi connectivity index (χ0) is 18.1. The van der Waals surface area contributed by atoms with Crippen molar-refractivity contribution in [2.45, 2.75) is 26.5 Å². The van der Waals surface area contributed by atoms with Gasteiger partial charge in [-0.2, -0.15) is 0 Å². The lowest BCUT2D eigenvalue weighted by molar-refractivity contribution is 0.0526. The number of benzene rings is 1. The molecule has 0 spiro atoms. The summed E-state index contributed by atoms with van der Waals surface area (Å²) in [5.41, 5.74) is 1.45. The molecule has 0 aliphatic heterocycles. The summed E-state index contributed by atoms with van der Waals surface area (Å²) >= 11 is 0. The number of furan rings is 1. The van der Waals surface area contributed by atoms with Crippen LogP contribution in [0.2, 0.25) is 0 Å². The topological polar surface area (TPSA) is 83.7 Å². The van der Waals surface area contributed by atoms with Crippen molar-refractivity contribution in [2.75, 3.05) is 26.2 Å². The molecule has 25 heavy (non-hydrogen) atoms. The fourth-order valence-corrected chi connectivity index (χ4v) is 2.31. The number of aliphatic hydroxyl groups is 1. The number of rotatable bonds is 10. The van der Waals surface area contributed by atoms with Gasteiger partial charge in [-0.3, -0.25) is 0 Å². The van der Waals surface area contributed by atoms with Gasteiger partial charge in [-0.05, 0) is 38.1 Å². The molecule has 6 heteroatoms. The molecule has 1 heterocycles. The molecule has 136 valence electrons. The second-order valence-corrected chi connectivity index (χ2v) is 5.79. The van der Waals surface area contributed by atoms with Crippen LogP contribution in [0, 0.1) is 0 Å². The van der Waals surface area contributed by atoms with E-state index in [1.807, 2.05) is 24.3 Å². The van der Waals surface area contributed by atoms with Crippen LogP contribution in [0.3, 0.4) is 0 Å². The molecule has 0 bridgehead atoms. The summed E-state index contributed by atoms with van der Waals surface area (Å²) in [6.07, 6.45) is -0.331. The van der Waals surface area contributed by atoms with E-state index in [0.717, 1.165) is 30.2 Å². The van der Waals surface area contributed by atoms with Gasteiger partial charge in [0.15, 0.2) is 0 Å². The van der Waals surface area contributed by atoms with Crippen molar-refractivity contribution in [3.05, 3.63) is 47.7 Å². The largest absolute Gasteiger partial charge is 0.462 e. The van der Waals surface area contributed by atoms with Gasteiger partial charge in [0.1, 0.15) is 11.5 Å². The van der Waals surface area contributed by atoms with Gasteiger partial charge in [0.2, 0.25) is 0 Å². The number of hydrogen-bond acceptors (Lipinski definition) is 6. The van der Waals surface area contributed by atoms with Crippen LogP contribution in [-0.2, 0) is 11.3 Å². The normalized spacial score (nSPS) is 12.1. The summed E-state index contributed by atoms with van der Waals surface area (Å²) in [7, 11) is 0. The molecule has 1 atom stereocenters. The van der Waals surface area contributed by atoms with Crippen molar-refractivity contribution in [3.8, 4) is 11.3 Å².